The molecule has 6 N–H and O–H groups in total. The molecule has 0 saturated carbocycles. The van der Waals surface area contributed by atoms with Crippen molar-refractivity contribution < 1.29 is 49.8 Å². The van der Waals surface area contributed by atoms with Gasteiger partial charge in [-0.3, -0.25) is 0 Å². The average molecular weight is 394 g/mol. The Hall–Kier alpha value is -3.76. The molecular formula is C18H18O10. The molecule has 0 atom stereocenters. The van der Waals surface area contributed by atoms with Crippen LogP contribution in [0.1, 0.15) is 41.4 Å². The third kappa shape index (κ3) is 9.08. The first-order valence-electron chi connectivity index (χ1n) is 7.49. The smallest absolute Gasteiger partial charge is 0.335 e. The molecule has 28 heavy (non-hydrogen) atoms. The molecule has 2 rings (SSSR count). The second-order valence-corrected chi connectivity index (χ2v) is 4.82. The normalized spacial score (nSPS) is 9.07. The highest BCUT2D eigenvalue weighted by Crippen LogP contribution is 2.04. The fourth-order valence-corrected chi connectivity index (χ4v) is 1.51. The monoisotopic (exact) mass is 394 g/mol. The van der Waals surface area contributed by atoms with Gasteiger partial charge in [0.15, 0.2) is 0 Å². The van der Waals surface area contributed by atoms with Crippen LogP contribution >= 0.6 is 0 Å². The number of hydrogen-bond donors (Lipinski definition) is 6. The zero-order valence-corrected chi connectivity index (χ0v) is 14.3. The van der Waals surface area contributed by atoms with Crippen molar-refractivity contribution in [3.05, 3.63) is 70.8 Å². The van der Waals surface area contributed by atoms with E-state index in [0.717, 1.165) is 0 Å². The number of aromatic carboxylic acids is 4. The van der Waals surface area contributed by atoms with Gasteiger partial charge in [0.05, 0.1) is 35.5 Å². The summed E-state index contributed by atoms with van der Waals surface area (Å²) in [5.41, 5.74) is 0.333. The van der Waals surface area contributed by atoms with Crippen molar-refractivity contribution in [1.82, 2.24) is 0 Å². The summed E-state index contributed by atoms with van der Waals surface area (Å²) in [5.74, 6) is -4.25. The quantitative estimate of drug-likeness (QED) is 0.429. The molecule has 0 heterocycles. The molecule has 0 radical (unpaired) electrons. The summed E-state index contributed by atoms with van der Waals surface area (Å²) in [6, 6.07) is 10.0. The van der Waals surface area contributed by atoms with E-state index in [0.29, 0.717) is 0 Å². The number of carboxylic acids is 4. The summed E-state index contributed by atoms with van der Waals surface area (Å²) in [5, 5.41) is 49.1. The molecule has 0 bridgehead atoms. The summed E-state index contributed by atoms with van der Waals surface area (Å²) in [7, 11) is 0. The Balaban J connectivity index is 0.000000439. The van der Waals surface area contributed by atoms with Crippen LogP contribution in [-0.4, -0.2) is 67.7 Å². The highest BCUT2D eigenvalue weighted by atomic mass is 16.4. The third-order valence-electron chi connectivity index (χ3n) is 2.86. The van der Waals surface area contributed by atoms with E-state index in [1.165, 1.54) is 48.5 Å². The molecule has 0 fully saturated rings. The second kappa shape index (κ2) is 12.6. The Labute approximate surface area is 158 Å². The minimum absolute atomic E-state index is 0.0833. The van der Waals surface area contributed by atoms with Gasteiger partial charge in [0, 0.05) is 0 Å². The minimum Gasteiger partial charge on any atom is -0.478 e. The van der Waals surface area contributed by atoms with Crippen molar-refractivity contribution in [2.75, 3.05) is 13.2 Å². The van der Waals surface area contributed by atoms with Gasteiger partial charge in [-0.25, -0.2) is 19.2 Å². The Kier molecular flexibility index (Phi) is 10.9. The first kappa shape index (κ1) is 24.2. The standard InChI is InChI=1S/2C8H6O4.C2H6O2/c2*9-7(10)5-1-2-6(4-3-5)8(11)12;3-1-2-4/h2*1-4H,(H,9,10)(H,11,12);3-4H,1-2H2. The summed E-state index contributed by atoms with van der Waals surface area (Å²) >= 11 is 0. The maximum absolute atomic E-state index is 10.3. The Morgan fingerprint density at radius 2 is 0.607 bits per heavy atom. The van der Waals surface area contributed by atoms with Crippen molar-refractivity contribution >= 4 is 23.9 Å². The summed E-state index contributed by atoms with van der Waals surface area (Å²) in [4.78, 5) is 41.3. The molecule has 0 amide bonds. The maximum Gasteiger partial charge on any atom is 0.335 e. The lowest BCUT2D eigenvalue weighted by atomic mass is 10.1. The third-order valence-corrected chi connectivity index (χ3v) is 2.86. The summed E-state index contributed by atoms with van der Waals surface area (Å²) in [6.45, 7) is -0.250. The lowest BCUT2D eigenvalue weighted by molar-refractivity contribution is 0.0681. The van der Waals surface area contributed by atoms with Crippen LogP contribution < -0.4 is 0 Å². The fourth-order valence-electron chi connectivity index (χ4n) is 1.51. The average Bonchev–Trinajstić information content (AvgIpc) is 2.68. The van der Waals surface area contributed by atoms with E-state index < -0.39 is 23.9 Å². The SMILES string of the molecule is O=C(O)c1ccc(C(=O)O)cc1.O=C(O)c1ccc(C(=O)O)cc1.OCCO. The fraction of sp³-hybridized carbons (Fsp3) is 0.111. The van der Waals surface area contributed by atoms with Gasteiger partial charge in [0.25, 0.3) is 0 Å². The van der Waals surface area contributed by atoms with Crippen molar-refractivity contribution in [2.45, 2.75) is 0 Å². The Morgan fingerprint density at radius 3 is 0.679 bits per heavy atom. The van der Waals surface area contributed by atoms with E-state index in [2.05, 4.69) is 0 Å². The predicted molar refractivity (Wildman–Crippen MR) is 94.9 cm³/mol. The minimum atomic E-state index is -1.06. The predicted octanol–water partition coefficient (Wildman–Crippen LogP) is 1.14. The van der Waals surface area contributed by atoms with Crippen LogP contribution in [0.5, 0.6) is 0 Å². The largest absolute Gasteiger partial charge is 0.478 e. The molecule has 10 heteroatoms. The van der Waals surface area contributed by atoms with Crippen LogP contribution in [0.4, 0.5) is 0 Å². The van der Waals surface area contributed by atoms with Crippen LogP contribution in [0.2, 0.25) is 0 Å². The number of aliphatic hydroxyl groups excluding tert-OH is 2. The number of benzene rings is 2. The van der Waals surface area contributed by atoms with Gasteiger partial charge in [-0.1, -0.05) is 0 Å². The van der Waals surface area contributed by atoms with E-state index in [4.69, 9.17) is 30.6 Å². The lowest BCUT2D eigenvalue weighted by Crippen LogP contribution is -1.99. The number of rotatable bonds is 5. The van der Waals surface area contributed by atoms with Crippen LogP contribution in [0, 0.1) is 0 Å². The summed E-state index contributed by atoms with van der Waals surface area (Å²) < 4.78 is 0. The summed E-state index contributed by atoms with van der Waals surface area (Å²) in [6.07, 6.45) is 0. The van der Waals surface area contributed by atoms with Gasteiger partial charge in [-0.15, -0.1) is 0 Å². The van der Waals surface area contributed by atoms with Crippen LogP contribution in [-0.2, 0) is 0 Å². The molecule has 0 spiro atoms. The Bertz CT molecular complexity index is 659. The number of aliphatic hydroxyl groups is 2. The topological polar surface area (TPSA) is 190 Å². The number of hydrogen-bond acceptors (Lipinski definition) is 6. The van der Waals surface area contributed by atoms with E-state index in [1.807, 2.05) is 0 Å². The number of carbonyl (C=O) groups is 4. The van der Waals surface area contributed by atoms with E-state index >= 15 is 0 Å². The highest BCUT2D eigenvalue weighted by molar-refractivity contribution is 5.92. The molecule has 0 aromatic heterocycles. The van der Waals surface area contributed by atoms with E-state index in [1.54, 1.807) is 0 Å². The van der Waals surface area contributed by atoms with Gasteiger partial charge in [0.2, 0.25) is 0 Å². The zero-order valence-electron chi connectivity index (χ0n) is 14.3. The molecule has 150 valence electrons. The lowest BCUT2D eigenvalue weighted by Gasteiger charge is -1.94. The van der Waals surface area contributed by atoms with Crippen molar-refractivity contribution in [3.8, 4) is 0 Å². The molecule has 2 aromatic carbocycles. The van der Waals surface area contributed by atoms with Crippen molar-refractivity contribution in [1.29, 1.82) is 0 Å². The zero-order chi connectivity index (χ0) is 21.7. The van der Waals surface area contributed by atoms with Crippen LogP contribution in [0.15, 0.2) is 48.5 Å². The van der Waals surface area contributed by atoms with Gasteiger partial charge < -0.3 is 30.6 Å². The van der Waals surface area contributed by atoms with Gasteiger partial charge in [0.1, 0.15) is 0 Å². The van der Waals surface area contributed by atoms with E-state index in [-0.39, 0.29) is 35.5 Å². The van der Waals surface area contributed by atoms with Gasteiger partial charge in [-0.05, 0) is 48.5 Å². The second-order valence-electron chi connectivity index (χ2n) is 4.82. The molecular weight excluding hydrogens is 376 g/mol. The molecule has 0 aliphatic heterocycles. The van der Waals surface area contributed by atoms with Crippen LogP contribution in [0.25, 0.3) is 0 Å². The van der Waals surface area contributed by atoms with E-state index in [9.17, 15) is 19.2 Å². The maximum atomic E-state index is 10.3. The first-order chi connectivity index (χ1) is 13.1. The molecule has 2 aromatic rings. The first-order valence-corrected chi connectivity index (χ1v) is 7.49. The van der Waals surface area contributed by atoms with Gasteiger partial charge >= 0.3 is 23.9 Å². The number of carboxylic acid groups (broad SMARTS) is 4. The Morgan fingerprint density at radius 1 is 0.464 bits per heavy atom. The molecule has 0 unspecified atom stereocenters. The molecule has 0 aliphatic rings. The highest BCUT2D eigenvalue weighted by Gasteiger charge is 2.05. The molecule has 10 nitrogen and oxygen atoms in total. The van der Waals surface area contributed by atoms with Crippen molar-refractivity contribution in [3.63, 3.8) is 0 Å². The van der Waals surface area contributed by atoms with Gasteiger partial charge in [-0.2, -0.15) is 0 Å². The van der Waals surface area contributed by atoms with Crippen LogP contribution in [0.3, 0.4) is 0 Å². The van der Waals surface area contributed by atoms with Crippen molar-refractivity contribution in [2.24, 2.45) is 0 Å². The molecule has 0 saturated heterocycles. The molecule has 0 aliphatic carbocycles.